The van der Waals surface area contributed by atoms with Crippen molar-refractivity contribution in [3.63, 3.8) is 0 Å². The molecule has 0 aliphatic rings. The van der Waals surface area contributed by atoms with Crippen molar-refractivity contribution in [2.24, 2.45) is 0 Å². The first-order valence-corrected chi connectivity index (χ1v) is 5.01. The summed E-state index contributed by atoms with van der Waals surface area (Å²) in [4.78, 5) is 0. The number of thiophene rings is 1. The molecule has 0 spiro atoms. The summed E-state index contributed by atoms with van der Waals surface area (Å²) in [7, 11) is 0. The Kier molecular flexibility index (Phi) is 3.81. The average Bonchev–Trinajstić information content (AvgIpc) is 2.50. The van der Waals surface area contributed by atoms with Crippen molar-refractivity contribution in [1.82, 2.24) is 0 Å². The smallest absolute Gasteiger partial charge is 0.0908 e. The third kappa shape index (κ3) is 3.26. The zero-order valence-corrected chi connectivity index (χ0v) is 7.49. The van der Waals surface area contributed by atoms with Crippen LogP contribution < -0.4 is 0 Å². The lowest BCUT2D eigenvalue weighted by Gasteiger charge is -1.88. The predicted molar refractivity (Wildman–Crippen MR) is 49.8 cm³/mol. The number of hydrogen-bond donors (Lipinski definition) is 0. The van der Waals surface area contributed by atoms with Gasteiger partial charge in [0.2, 0.25) is 0 Å². The molecule has 3 heteroatoms. The number of hydrogen-bond acceptors (Lipinski definition) is 3. The molecule has 0 radical (unpaired) electrons. The van der Waals surface area contributed by atoms with E-state index in [1.807, 2.05) is 18.2 Å². The molecule has 0 aromatic carbocycles. The molecule has 1 rings (SSSR count). The largest absolute Gasteiger partial charge is 0.193 e. The van der Waals surface area contributed by atoms with Crippen LogP contribution >= 0.6 is 23.1 Å². The lowest BCUT2D eigenvalue weighted by molar-refractivity contribution is 1.53. The minimum Gasteiger partial charge on any atom is -0.193 e. The Bertz CT molecular complexity index is 256. The third-order valence-electron chi connectivity index (χ3n) is 1.01. The summed E-state index contributed by atoms with van der Waals surface area (Å²) in [6.45, 7) is 0. The second kappa shape index (κ2) is 5.00. The molecule has 0 aliphatic heterocycles. The zero-order chi connectivity index (χ0) is 7.94. The molecule has 0 bridgehead atoms. The van der Waals surface area contributed by atoms with Crippen molar-refractivity contribution in [1.29, 1.82) is 5.26 Å². The van der Waals surface area contributed by atoms with E-state index in [0.29, 0.717) is 0 Å². The van der Waals surface area contributed by atoms with Crippen LogP contribution in [0.3, 0.4) is 0 Å². The van der Waals surface area contributed by atoms with Gasteiger partial charge >= 0.3 is 0 Å². The summed E-state index contributed by atoms with van der Waals surface area (Å²) in [6.07, 6.45) is 3.38. The lowest BCUT2D eigenvalue weighted by atomic mass is 10.6. The van der Waals surface area contributed by atoms with E-state index in [0.717, 1.165) is 5.75 Å². The van der Waals surface area contributed by atoms with Gasteiger partial charge in [-0.3, -0.25) is 0 Å². The maximum absolute atomic E-state index is 8.18. The average molecular weight is 181 g/mol. The molecule has 0 saturated carbocycles. The first-order valence-electron chi connectivity index (χ1n) is 3.14. The maximum atomic E-state index is 8.18. The monoisotopic (exact) mass is 181 g/mol. The van der Waals surface area contributed by atoms with Crippen LogP contribution in [0.5, 0.6) is 0 Å². The van der Waals surface area contributed by atoms with Crippen LogP contribution in [0.4, 0.5) is 0 Å². The van der Waals surface area contributed by atoms with Gasteiger partial charge in [0.15, 0.2) is 0 Å². The van der Waals surface area contributed by atoms with Gasteiger partial charge in [-0.15, -0.1) is 23.1 Å². The Balaban J connectivity index is 2.25. The first-order chi connectivity index (χ1) is 5.43. The van der Waals surface area contributed by atoms with E-state index >= 15 is 0 Å². The molecule has 0 fully saturated rings. The maximum Gasteiger partial charge on any atom is 0.0908 e. The van der Waals surface area contributed by atoms with Crippen LogP contribution in [0.25, 0.3) is 0 Å². The van der Waals surface area contributed by atoms with Crippen molar-refractivity contribution >= 4 is 23.1 Å². The van der Waals surface area contributed by atoms with E-state index < -0.39 is 0 Å². The van der Waals surface area contributed by atoms with Crippen LogP contribution in [-0.4, -0.2) is 5.75 Å². The molecule has 1 aromatic heterocycles. The standard InChI is InChI=1S/C8H7NS2/c9-5-1-2-6-10-8-4-3-7-11-8/h1-4,7H,6H2/b2-1+. The summed E-state index contributed by atoms with van der Waals surface area (Å²) in [5.74, 6) is 0.883. The van der Waals surface area contributed by atoms with Crippen molar-refractivity contribution < 1.29 is 0 Å². The summed E-state index contributed by atoms with van der Waals surface area (Å²) in [5, 5.41) is 10.2. The SMILES string of the molecule is N#C/C=C/CSc1cccs1. The number of nitrogens with zero attached hydrogens (tertiary/aromatic N) is 1. The number of allylic oxidation sites excluding steroid dienone is 1. The number of nitriles is 1. The van der Waals surface area contributed by atoms with Crippen molar-refractivity contribution in [3.8, 4) is 6.07 Å². The van der Waals surface area contributed by atoms with Crippen molar-refractivity contribution in [2.75, 3.05) is 5.75 Å². The summed E-state index contributed by atoms with van der Waals surface area (Å²) in [5.41, 5.74) is 0. The zero-order valence-electron chi connectivity index (χ0n) is 5.86. The van der Waals surface area contributed by atoms with Gasteiger partial charge in [0.05, 0.1) is 10.3 Å². The second-order valence-corrected chi connectivity index (χ2v) is 4.04. The van der Waals surface area contributed by atoms with Gasteiger partial charge in [-0.05, 0) is 11.4 Å². The van der Waals surface area contributed by atoms with Crippen LogP contribution in [0.2, 0.25) is 0 Å². The Labute approximate surface area is 74.4 Å². The van der Waals surface area contributed by atoms with Gasteiger partial charge in [-0.1, -0.05) is 12.1 Å². The molecule has 1 aromatic rings. The molecule has 1 heterocycles. The highest BCUT2D eigenvalue weighted by Crippen LogP contribution is 2.22. The fourth-order valence-electron chi connectivity index (χ4n) is 0.577. The Morgan fingerprint density at radius 2 is 2.64 bits per heavy atom. The van der Waals surface area contributed by atoms with Crippen molar-refractivity contribution in [2.45, 2.75) is 4.21 Å². The Hall–Kier alpha value is -0.720. The van der Waals surface area contributed by atoms with Gasteiger partial charge in [0, 0.05) is 11.8 Å². The van der Waals surface area contributed by atoms with Crippen LogP contribution in [0.1, 0.15) is 0 Å². The van der Waals surface area contributed by atoms with E-state index in [2.05, 4.69) is 11.4 Å². The van der Waals surface area contributed by atoms with Crippen LogP contribution in [-0.2, 0) is 0 Å². The van der Waals surface area contributed by atoms with Crippen molar-refractivity contribution in [3.05, 3.63) is 29.7 Å². The fourth-order valence-corrected chi connectivity index (χ4v) is 2.20. The number of rotatable bonds is 3. The summed E-state index contributed by atoms with van der Waals surface area (Å²) in [6, 6.07) is 6.06. The van der Waals surface area contributed by atoms with Gasteiger partial charge in [-0.2, -0.15) is 5.26 Å². The Morgan fingerprint density at radius 1 is 1.73 bits per heavy atom. The minimum atomic E-state index is 0.883. The van der Waals surface area contributed by atoms with Gasteiger partial charge in [0.1, 0.15) is 0 Å². The van der Waals surface area contributed by atoms with E-state index in [1.165, 1.54) is 10.3 Å². The van der Waals surface area contributed by atoms with E-state index in [9.17, 15) is 0 Å². The summed E-state index contributed by atoms with van der Waals surface area (Å²) < 4.78 is 1.30. The molecule has 1 nitrogen and oxygen atoms in total. The highest BCUT2D eigenvalue weighted by atomic mass is 32.2. The minimum absolute atomic E-state index is 0.883. The molecule has 56 valence electrons. The molecule has 0 unspecified atom stereocenters. The molecule has 0 saturated heterocycles. The highest BCUT2D eigenvalue weighted by molar-refractivity contribution is 8.01. The molecular formula is C8H7NS2. The molecule has 11 heavy (non-hydrogen) atoms. The number of thioether (sulfide) groups is 1. The third-order valence-corrected chi connectivity index (χ3v) is 3.09. The fraction of sp³-hybridized carbons (Fsp3) is 0.125. The highest BCUT2D eigenvalue weighted by Gasteiger charge is 1.89. The molecular weight excluding hydrogens is 174 g/mol. The molecule has 0 atom stereocenters. The topological polar surface area (TPSA) is 23.8 Å². The van der Waals surface area contributed by atoms with Crippen LogP contribution in [0, 0.1) is 11.3 Å². The molecule has 0 N–H and O–H groups in total. The van der Waals surface area contributed by atoms with Gasteiger partial charge in [0.25, 0.3) is 0 Å². The van der Waals surface area contributed by atoms with E-state index in [1.54, 1.807) is 23.1 Å². The first kappa shape index (κ1) is 8.38. The normalized spacial score (nSPS) is 10.1. The van der Waals surface area contributed by atoms with Gasteiger partial charge in [-0.25, -0.2) is 0 Å². The predicted octanol–water partition coefficient (Wildman–Crippen LogP) is 2.92. The molecule has 0 aliphatic carbocycles. The van der Waals surface area contributed by atoms with Crippen LogP contribution in [0.15, 0.2) is 33.9 Å². The lowest BCUT2D eigenvalue weighted by Crippen LogP contribution is -1.66. The van der Waals surface area contributed by atoms with E-state index in [4.69, 9.17) is 5.26 Å². The summed E-state index contributed by atoms with van der Waals surface area (Å²) >= 11 is 3.47. The molecule has 0 amide bonds. The quantitative estimate of drug-likeness (QED) is 0.529. The van der Waals surface area contributed by atoms with E-state index in [-0.39, 0.29) is 0 Å². The Morgan fingerprint density at radius 3 is 3.27 bits per heavy atom. The second-order valence-electron chi connectivity index (χ2n) is 1.77. The van der Waals surface area contributed by atoms with Gasteiger partial charge < -0.3 is 0 Å².